The van der Waals surface area contributed by atoms with Gasteiger partial charge >= 0.3 is 0 Å². The molecule has 0 spiro atoms. The van der Waals surface area contributed by atoms with Gasteiger partial charge in [0.2, 0.25) is 0 Å². The molecule has 0 unspecified atom stereocenters. The Morgan fingerprint density at radius 2 is 2.00 bits per heavy atom. The summed E-state index contributed by atoms with van der Waals surface area (Å²) < 4.78 is 19.7. The third kappa shape index (κ3) is 4.11. The Morgan fingerprint density at radius 3 is 2.71 bits per heavy atom. The number of halogens is 2. The molecule has 0 heterocycles. The summed E-state index contributed by atoms with van der Waals surface area (Å²) in [5, 5.41) is 3.18. The molecule has 2 aromatic rings. The van der Waals surface area contributed by atoms with Crippen molar-refractivity contribution in [2.75, 3.05) is 17.7 Å². The largest absolute Gasteiger partial charge is 0.493 e. The number of hydrogen-bond donors (Lipinski definition) is 2. The lowest BCUT2D eigenvalue weighted by atomic mass is 10.2. The minimum Gasteiger partial charge on any atom is -0.493 e. The molecule has 0 radical (unpaired) electrons. The molecule has 0 amide bonds. The Balaban J connectivity index is 2.27. The van der Waals surface area contributed by atoms with Crippen LogP contribution in [-0.4, -0.2) is 6.61 Å². The average Bonchev–Trinajstić information content (AvgIpc) is 2.42. The van der Waals surface area contributed by atoms with Crippen LogP contribution in [0.2, 0.25) is 0 Å². The zero-order chi connectivity index (χ0) is 15.4. The van der Waals surface area contributed by atoms with E-state index >= 15 is 0 Å². The molecule has 0 aromatic heterocycles. The number of hydrogen-bond acceptors (Lipinski definition) is 3. The van der Waals surface area contributed by atoms with Gasteiger partial charge < -0.3 is 15.8 Å². The van der Waals surface area contributed by atoms with Crippen molar-refractivity contribution in [3.05, 3.63) is 46.2 Å². The molecule has 21 heavy (non-hydrogen) atoms. The molecular formula is C16H18BrFN2O. The normalized spacial score (nSPS) is 10.5. The number of ether oxygens (including phenoxy) is 1. The second-order valence-electron chi connectivity index (χ2n) is 4.85. The number of nitrogens with one attached hydrogen (secondary N) is 1. The molecule has 0 saturated carbocycles. The number of rotatable bonds is 5. The molecule has 0 aliphatic heterocycles. The maximum absolute atomic E-state index is 13.7. The average molecular weight is 353 g/mol. The van der Waals surface area contributed by atoms with Crippen LogP contribution in [0.25, 0.3) is 0 Å². The van der Waals surface area contributed by atoms with E-state index in [0.29, 0.717) is 28.2 Å². The van der Waals surface area contributed by atoms with Crippen molar-refractivity contribution in [1.82, 2.24) is 0 Å². The van der Waals surface area contributed by atoms with E-state index in [2.05, 4.69) is 21.2 Å². The number of aryl methyl sites for hydroxylation is 1. The van der Waals surface area contributed by atoms with Crippen LogP contribution in [0.3, 0.4) is 0 Å². The zero-order valence-electron chi connectivity index (χ0n) is 12.0. The predicted octanol–water partition coefficient (Wildman–Crippen LogP) is 5.01. The molecule has 112 valence electrons. The van der Waals surface area contributed by atoms with Gasteiger partial charge in [0.15, 0.2) is 0 Å². The summed E-state index contributed by atoms with van der Waals surface area (Å²) in [6, 6.07) is 8.60. The van der Waals surface area contributed by atoms with E-state index in [9.17, 15) is 4.39 Å². The van der Waals surface area contributed by atoms with E-state index in [1.165, 1.54) is 6.07 Å². The Kier molecular flexibility index (Phi) is 5.07. The van der Waals surface area contributed by atoms with Crippen molar-refractivity contribution in [3.63, 3.8) is 0 Å². The molecule has 0 saturated heterocycles. The highest BCUT2D eigenvalue weighted by Gasteiger charge is 2.07. The van der Waals surface area contributed by atoms with Gasteiger partial charge in [-0.25, -0.2) is 4.39 Å². The van der Waals surface area contributed by atoms with Gasteiger partial charge in [-0.2, -0.15) is 0 Å². The van der Waals surface area contributed by atoms with Crippen LogP contribution in [0.15, 0.2) is 34.8 Å². The first-order valence-corrected chi connectivity index (χ1v) is 7.55. The molecule has 0 aliphatic rings. The first-order valence-electron chi connectivity index (χ1n) is 6.75. The van der Waals surface area contributed by atoms with Gasteiger partial charge in [0.1, 0.15) is 11.6 Å². The first kappa shape index (κ1) is 15.6. The summed E-state index contributed by atoms with van der Waals surface area (Å²) in [7, 11) is 0. The fourth-order valence-corrected chi connectivity index (χ4v) is 2.39. The van der Waals surface area contributed by atoms with Gasteiger partial charge in [-0.1, -0.05) is 6.92 Å². The smallest absolute Gasteiger partial charge is 0.139 e. The number of anilines is 3. The van der Waals surface area contributed by atoms with Crippen LogP contribution >= 0.6 is 15.9 Å². The van der Waals surface area contributed by atoms with Gasteiger partial charge in [-0.15, -0.1) is 0 Å². The fraction of sp³-hybridized carbons (Fsp3) is 0.250. The lowest BCUT2D eigenvalue weighted by Crippen LogP contribution is -1.99. The minimum atomic E-state index is -0.311. The van der Waals surface area contributed by atoms with E-state index in [1.54, 1.807) is 18.2 Å². The molecule has 0 atom stereocenters. The van der Waals surface area contributed by atoms with Crippen molar-refractivity contribution >= 4 is 33.0 Å². The lowest BCUT2D eigenvalue weighted by Gasteiger charge is -2.13. The van der Waals surface area contributed by atoms with Crippen LogP contribution < -0.4 is 15.8 Å². The highest BCUT2D eigenvalue weighted by atomic mass is 79.9. The molecule has 0 bridgehead atoms. The zero-order valence-corrected chi connectivity index (χ0v) is 13.6. The van der Waals surface area contributed by atoms with Crippen molar-refractivity contribution in [3.8, 4) is 5.75 Å². The highest BCUT2D eigenvalue weighted by molar-refractivity contribution is 9.10. The number of nitrogen functional groups attached to an aromatic ring is 1. The Hall–Kier alpha value is -1.75. The minimum absolute atomic E-state index is 0.311. The topological polar surface area (TPSA) is 47.3 Å². The molecule has 3 nitrogen and oxygen atoms in total. The van der Waals surface area contributed by atoms with Crippen molar-refractivity contribution in [1.29, 1.82) is 0 Å². The fourth-order valence-electron chi connectivity index (χ4n) is 1.93. The molecule has 0 aliphatic carbocycles. The van der Waals surface area contributed by atoms with E-state index in [0.717, 1.165) is 17.7 Å². The maximum atomic E-state index is 13.7. The summed E-state index contributed by atoms with van der Waals surface area (Å²) >= 11 is 3.17. The van der Waals surface area contributed by atoms with Crippen LogP contribution in [-0.2, 0) is 0 Å². The molecular weight excluding hydrogens is 335 g/mol. The van der Waals surface area contributed by atoms with Crippen LogP contribution in [0.1, 0.15) is 18.9 Å². The Labute approximate surface area is 132 Å². The van der Waals surface area contributed by atoms with Gasteiger partial charge in [-0.3, -0.25) is 0 Å². The SMILES string of the molecule is CCCOc1cc(N)cc(Nc2cc(F)c(Br)cc2C)c1. The van der Waals surface area contributed by atoms with E-state index in [1.807, 2.05) is 19.9 Å². The highest BCUT2D eigenvalue weighted by Crippen LogP contribution is 2.29. The standard InChI is InChI=1S/C16H18BrFN2O/c1-3-4-21-13-7-11(19)6-12(8-13)20-16-9-15(18)14(17)5-10(16)2/h5-9,20H,3-4,19H2,1-2H3. The number of nitrogens with two attached hydrogens (primary N) is 1. The van der Waals surface area contributed by atoms with Gasteiger partial charge in [0.05, 0.1) is 11.1 Å². The van der Waals surface area contributed by atoms with Crippen LogP contribution in [0.4, 0.5) is 21.5 Å². The summed E-state index contributed by atoms with van der Waals surface area (Å²) in [4.78, 5) is 0. The van der Waals surface area contributed by atoms with E-state index < -0.39 is 0 Å². The molecule has 2 aromatic carbocycles. The third-order valence-electron chi connectivity index (χ3n) is 2.95. The van der Waals surface area contributed by atoms with Crippen molar-refractivity contribution in [2.45, 2.75) is 20.3 Å². The quantitative estimate of drug-likeness (QED) is 0.743. The monoisotopic (exact) mass is 352 g/mol. The molecule has 3 N–H and O–H groups in total. The second kappa shape index (κ2) is 6.80. The predicted molar refractivity (Wildman–Crippen MR) is 88.8 cm³/mol. The van der Waals surface area contributed by atoms with Crippen LogP contribution in [0, 0.1) is 12.7 Å². The van der Waals surface area contributed by atoms with Gasteiger partial charge in [-0.05, 0) is 53.0 Å². The summed E-state index contributed by atoms with van der Waals surface area (Å²) in [5.74, 6) is 0.393. The summed E-state index contributed by atoms with van der Waals surface area (Å²) in [6.07, 6.45) is 0.925. The first-order chi connectivity index (χ1) is 9.99. The molecule has 5 heteroatoms. The summed E-state index contributed by atoms with van der Waals surface area (Å²) in [6.45, 7) is 4.58. The number of benzene rings is 2. The maximum Gasteiger partial charge on any atom is 0.139 e. The summed E-state index contributed by atoms with van der Waals surface area (Å²) in [5.41, 5.74) is 8.87. The van der Waals surface area contributed by atoms with Crippen molar-refractivity contribution in [2.24, 2.45) is 0 Å². The van der Waals surface area contributed by atoms with Crippen molar-refractivity contribution < 1.29 is 9.13 Å². The van der Waals surface area contributed by atoms with Crippen LogP contribution in [0.5, 0.6) is 5.75 Å². The van der Waals surface area contributed by atoms with E-state index in [4.69, 9.17) is 10.5 Å². The third-order valence-corrected chi connectivity index (χ3v) is 3.56. The van der Waals surface area contributed by atoms with Gasteiger partial charge in [0, 0.05) is 29.2 Å². The second-order valence-corrected chi connectivity index (χ2v) is 5.70. The molecule has 0 fully saturated rings. The molecule has 2 rings (SSSR count). The Morgan fingerprint density at radius 1 is 1.24 bits per heavy atom. The van der Waals surface area contributed by atoms with Gasteiger partial charge in [0.25, 0.3) is 0 Å². The van der Waals surface area contributed by atoms with E-state index in [-0.39, 0.29) is 5.82 Å². The Bertz CT molecular complexity index is 646. The lowest BCUT2D eigenvalue weighted by molar-refractivity contribution is 0.318.